The summed E-state index contributed by atoms with van der Waals surface area (Å²) in [6, 6.07) is 15.6. The molecule has 0 spiro atoms. The van der Waals surface area contributed by atoms with Gasteiger partial charge in [-0.25, -0.2) is 4.98 Å². The van der Waals surface area contributed by atoms with Crippen LogP contribution in [0.15, 0.2) is 58.2 Å². The van der Waals surface area contributed by atoms with Crippen molar-refractivity contribution >= 4 is 11.8 Å². The van der Waals surface area contributed by atoms with Crippen LogP contribution in [0.2, 0.25) is 0 Å². The molecule has 0 N–H and O–H groups in total. The Morgan fingerprint density at radius 3 is 1.83 bits per heavy atom. The first-order valence-corrected chi connectivity index (χ1v) is 8.31. The van der Waals surface area contributed by atoms with Crippen molar-refractivity contribution in [2.24, 2.45) is 0 Å². The molecule has 0 aliphatic rings. The molecule has 5 heteroatoms. The minimum absolute atomic E-state index is 0.640. The van der Waals surface area contributed by atoms with Crippen LogP contribution >= 0.6 is 11.8 Å². The number of hydrogen-bond acceptors (Lipinski definition) is 5. The van der Waals surface area contributed by atoms with Gasteiger partial charge in [0, 0.05) is 11.1 Å². The van der Waals surface area contributed by atoms with E-state index in [1.54, 1.807) is 14.2 Å². The van der Waals surface area contributed by atoms with Crippen LogP contribution in [0.3, 0.4) is 0 Å². The van der Waals surface area contributed by atoms with Gasteiger partial charge in [0.15, 0.2) is 5.76 Å². The maximum atomic E-state index is 5.91. The monoisotopic (exact) mass is 327 g/mol. The van der Waals surface area contributed by atoms with Crippen molar-refractivity contribution in [3.05, 3.63) is 48.5 Å². The SMILES string of the molecule is COc1ccc(-c2nc(SC)oc2-c2ccc(OC)cc2)cc1. The second-order valence-electron chi connectivity index (χ2n) is 4.82. The van der Waals surface area contributed by atoms with Crippen molar-refractivity contribution < 1.29 is 13.9 Å². The molecule has 0 aliphatic heterocycles. The van der Waals surface area contributed by atoms with Crippen LogP contribution in [-0.4, -0.2) is 25.5 Å². The lowest BCUT2D eigenvalue weighted by molar-refractivity contribution is 0.414. The van der Waals surface area contributed by atoms with E-state index in [-0.39, 0.29) is 0 Å². The van der Waals surface area contributed by atoms with Gasteiger partial charge in [0.25, 0.3) is 5.22 Å². The van der Waals surface area contributed by atoms with Gasteiger partial charge in [-0.3, -0.25) is 0 Å². The number of nitrogens with zero attached hydrogens (tertiary/aromatic N) is 1. The van der Waals surface area contributed by atoms with Gasteiger partial charge < -0.3 is 13.9 Å². The third-order valence-electron chi connectivity index (χ3n) is 3.50. The van der Waals surface area contributed by atoms with Crippen LogP contribution in [0.5, 0.6) is 11.5 Å². The first kappa shape index (κ1) is 15.5. The highest BCUT2D eigenvalue weighted by Crippen LogP contribution is 2.36. The predicted octanol–water partition coefficient (Wildman–Crippen LogP) is 4.75. The van der Waals surface area contributed by atoms with Crippen molar-refractivity contribution in [1.82, 2.24) is 4.98 Å². The number of rotatable bonds is 5. The molecule has 0 saturated carbocycles. The molecule has 0 radical (unpaired) electrons. The van der Waals surface area contributed by atoms with E-state index in [1.807, 2.05) is 54.8 Å². The zero-order chi connectivity index (χ0) is 16.2. The summed E-state index contributed by atoms with van der Waals surface area (Å²) in [7, 11) is 3.30. The zero-order valence-corrected chi connectivity index (χ0v) is 14.0. The van der Waals surface area contributed by atoms with Crippen LogP contribution in [0.1, 0.15) is 0 Å². The topological polar surface area (TPSA) is 44.5 Å². The number of methoxy groups -OCH3 is 2. The molecule has 0 bridgehead atoms. The van der Waals surface area contributed by atoms with Gasteiger partial charge in [-0.1, -0.05) is 11.8 Å². The van der Waals surface area contributed by atoms with E-state index in [0.717, 1.165) is 34.1 Å². The molecule has 1 aromatic heterocycles. The Bertz CT molecular complexity index is 714. The Labute approximate surface area is 139 Å². The Morgan fingerprint density at radius 1 is 0.826 bits per heavy atom. The molecule has 3 aromatic rings. The summed E-state index contributed by atoms with van der Waals surface area (Å²) in [5.74, 6) is 2.37. The van der Waals surface area contributed by atoms with E-state index >= 15 is 0 Å². The molecule has 3 rings (SSSR count). The van der Waals surface area contributed by atoms with Crippen LogP contribution in [0.4, 0.5) is 0 Å². The summed E-state index contributed by atoms with van der Waals surface area (Å²) in [6.45, 7) is 0. The maximum Gasteiger partial charge on any atom is 0.256 e. The smallest absolute Gasteiger partial charge is 0.256 e. The van der Waals surface area contributed by atoms with Crippen molar-refractivity contribution in [3.8, 4) is 34.1 Å². The van der Waals surface area contributed by atoms with Crippen molar-refractivity contribution in [2.75, 3.05) is 20.5 Å². The van der Waals surface area contributed by atoms with Crippen LogP contribution in [0.25, 0.3) is 22.6 Å². The Kier molecular flexibility index (Phi) is 4.57. The Balaban J connectivity index is 2.06. The highest BCUT2D eigenvalue weighted by atomic mass is 32.2. The fraction of sp³-hybridized carbons (Fsp3) is 0.167. The Hall–Kier alpha value is -2.40. The highest BCUT2D eigenvalue weighted by Gasteiger charge is 2.16. The first-order valence-electron chi connectivity index (χ1n) is 7.09. The molecule has 118 valence electrons. The highest BCUT2D eigenvalue weighted by molar-refractivity contribution is 7.98. The number of thioether (sulfide) groups is 1. The summed E-state index contributed by atoms with van der Waals surface area (Å²) in [5, 5.41) is 0.640. The minimum Gasteiger partial charge on any atom is -0.497 e. The van der Waals surface area contributed by atoms with Crippen molar-refractivity contribution in [2.45, 2.75) is 5.22 Å². The van der Waals surface area contributed by atoms with Crippen molar-refractivity contribution in [3.63, 3.8) is 0 Å². The van der Waals surface area contributed by atoms with Crippen molar-refractivity contribution in [1.29, 1.82) is 0 Å². The molecule has 0 fully saturated rings. The predicted molar refractivity (Wildman–Crippen MR) is 92.3 cm³/mol. The lowest BCUT2D eigenvalue weighted by Crippen LogP contribution is -1.86. The van der Waals surface area contributed by atoms with Gasteiger partial charge in [0.1, 0.15) is 17.2 Å². The molecule has 23 heavy (non-hydrogen) atoms. The summed E-state index contributed by atoms with van der Waals surface area (Å²) in [6.07, 6.45) is 1.95. The second kappa shape index (κ2) is 6.79. The van der Waals surface area contributed by atoms with Gasteiger partial charge >= 0.3 is 0 Å². The van der Waals surface area contributed by atoms with Gasteiger partial charge in [0.05, 0.1) is 14.2 Å². The lowest BCUT2D eigenvalue weighted by Gasteiger charge is -2.04. The number of aromatic nitrogens is 1. The molecule has 1 heterocycles. The molecule has 2 aromatic carbocycles. The minimum atomic E-state index is 0.640. The van der Waals surface area contributed by atoms with E-state index < -0.39 is 0 Å². The summed E-state index contributed by atoms with van der Waals surface area (Å²) >= 11 is 1.48. The molecule has 0 saturated heterocycles. The average molecular weight is 327 g/mol. The molecule has 4 nitrogen and oxygen atoms in total. The van der Waals surface area contributed by atoms with E-state index in [0.29, 0.717) is 5.22 Å². The standard InChI is InChI=1S/C18H17NO3S/c1-20-14-8-4-12(5-9-14)16-17(22-18(19-16)23-3)13-6-10-15(21-2)11-7-13/h4-11H,1-3H3. The molecule has 0 amide bonds. The number of ether oxygens (including phenoxy) is 2. The number of oxazole rings is 1. The number of hydrogen-bond donors (Lipinski definition) is 0. The van der Waals surface area contributed by atoms with E-state index in [2.05, 4.69) is 4.98 Å². The summed E-state index contributed by atoms with van der Waals surface area (Å²) < 4.78 is 16.3. The third-order valence-corrected chi connectivity index (χ3v) is 4.02. The zero-order valence-electron chi connectivity index (χ0n) is 13.2. The molecule has 0 aliphatic carbocycles. The van der Waals surface area contributed by atoms with Gasteiger partial charge in [-0.05, 0) is 54.8 Å². The van der Waals surface area contributed by atoms with Gasteiger partial charge in [-0.15, -0.1) is 0 Å². The normalized spacial score (nSPS) is 10.6. The molecular formula is C18H17NO3S. The van der Waals surface area contributed by atoms with E-state index in [1.165, 1.54) is 11.8 Å². The fourth-order valence-corrected chi connectivity index (χ4v) is 2.62. The second-order valence-corrected chi connectivity index (χ2v) is 5.58. The van der Waals surface area contributed by atoms with E-state index in [9.17, 15) is 0 Å². The maximum absolute atomic E-state index is 5.91. The molecule has 0 unspecified atom stereocenters. The van der Waals surface area contributed by atoms with Crippen LogP contribution in [-0.2, 0) is 0 Å². The van der Waals surface area contributed by atoms with Gasteiger partial charge in [0.2, 0.25) is 0 Å². The average Bonchev–Trinajstić information content (AvgIpc) is 3.06. The molecule has 0 atom stereocenters. The number of benzene rings is 2. The Morgan fingerprint density at radius 2 is 1.35 bits per heavy atom. The largest absolute Gasteiger partial charge is 0.497 e. The van der Waals surface area contributed by atoms with Crippen LogP contribution < -0.4 is 9.47 Å². The van der Waals surface area contributed by atoms with Crippen LogP contribution in [0, 0.1) is 0 Å². The fourth-order valence-electron chi connectivity index (χ4n) is 2.27. The van der Waals surface area contributed by atoms with Gasteiger partial charge in [-0.2, -0.15) is 0 Å². The summed E-state index contributed by atoms with van der Waals surface area (Å²) in [4.78, 5) is 4.60. The van der Waals surface area contributed by atoms with E-state index in [4.69, 9.17) is 13.9 Å². The quantitative estimate of drug-likeness (QED) is 0.633. The third kappa shape index (κ3) is 3.19. The lowest BCUT2D eigenvalue weighted by atomic mass is 10.1. The first-order chi connectivity index (χ1) is 11.2. The molecular weight excluding hydrogens is 310 g/mol. The summed E-state index contributed by atoms with van der Waals surface area (Å²) in [5.41, 5.74) is 2.77.